The van der Waals surface area contributed by atoms with Crippen LogP contribution in [0.4, 0.5) is 5.69 Å². The third kappa shape index (κ3) is 4.43. The molecule has 0 fully saturated rings. The van der Waals surface area contributed by atoms with Crippen molar-refractivity contribution in [2.45, 2.75) is 20.4 Å². The minimum Gasteiger partial charge on any atom is -0.312 e. The Kier molecular flexibility index (Phi) is 5.52. The Morgan fingerprint density at radius 3 is 2.52 bits per heavy atom. The van der Waals surface area contributed by atoms with Crippen LogP contribution < -0.4 is 10.2 Å². The fourth-order valence-corrected chi connectivity index (χ4v) is 2.34. The highest BCUT2D eigenvalue weighted by Gasteiger charge is 2.12. The van der Waals surface area contributed by atoms with Crippen LogP contribution in [0.2, 0.25) is 0 Å². The van der Waals surface area contributed by atoms with E-state index >= 15 is 0 Å². The Morgan fingerprint density at radius 2 is 1.86 bits per heavy atom. The van der Waals surface area contributed by atoms with Gasteiger partial charge in [0.15, 0.2) is 0 Å². The quantitative estimate of drug-likeness (QED) is 0.883. The second kappa shape index (κ2) is 7.60. The predicted octanol–water partition coefficient (Wildman–Crippen LogP) is 3.14. The number of nitrogens with one attached hydrogen (secondary N) is 1. The van der Waals surface area contributed by atoms with Gasteiger partial charge < -0.3 is 10.2 Å². The molecule has 2 aromatic carbocycles. The van der Waals surface area contributed by atoms with Gasteiger partial charge >= 0.3 is 0 Å². The van der Waals surface area contributed by atoms with Gasteiger partial charge in [-0.2, -0.15) is 0 Å². The van der Waals surface area contributed by atoms with Crippen LogP contribution in [0.1, 0.15) is 18.1 Å². The molecule has 2 rings (SSSR count). The van der Waals surface area contributed by atoms with E-state index in [1.807, 2.05) is 43.3 Å². The van der Waals surface area contributed by atoms with Crippen molar-refractivity contribution in [2.24, 2.45) is 0 Å². The summed E-state index contributed by atoms with van der Waals surface area (Å²) in [5.74, 6) is 0.0938. The highest BCUT2D eigenvalue weighted by atomic mass is 16.2. The van der Waals surface area contributed by atoms with Crippen LogP contribution in [0.5, 0.6) is 0 Å². The van der Waals surface area contributed by atoms with Crippen molar-refractivity contribution < 1.29 is 4.79 Å². The fraction of sp³-hybridized carbons (Fsp3) is 0.278. The molecule has 0 atom stereocenters. The van der Waals surface area contributed by atoms with Crippen molar-refractivity contribution in [1.82, 2.24) is 5.32 Å². The largest absolute Gasteiger partial charge is 0.312 e. The second-order valence-corrected chi connectivity index (χ2v) is 5.07. The Morgan fingerprint density at radius 1 is 1.10 bits per heavy atom. The summed E-state index contributed by atoms with van der Waals surface area (Å²) in [4.78, 5) is 14.1. The molecule has 0 aromatic heterocycles. The zero-order valence-corrected chi connectivity index (χ0v) is 12.7. The lowest BCUT2D eigenvalue weighted by atomic mass is 10.1. The lowest BCUT2D eigenvalue weighted by Crippen LogP contribution is -2.38. The van der Waals surface area contributed by atoms with Gasteiger partial charge in [-0.1, -0.05) is 48.0 Å². The first-order valence-electron chi connectivity index (χ1n) is 7.32. The third-order valence-corrected chi connectivity index (χ3v) is 3.37. The van der Waals surface area contributed by atoms with Crippen LogP contribution in [-0.4, -0.2) is 19.0 Å². The van der Waals surface area contributed by atoms with Gasteiger partial charge in [-0.25, -0.2) is 0 Å². The number of hydrogen-bond donors (Lipinski definition) is 1. The van der Waals surface area contributed by atoms with Crippen molar-refractivity contribution in [3.63, 3.8) is 0 Å². The second-order valence-electron chi connectivity index (χ2n) is 5.07. The van der Waals surface area contributed by atoms with Crippen LogP contribution in [0.3, 0.4) is 0 Å². The minimum atomic E-state index is 0.0938. The molecule has 3 heteroatoms. The van der Waals surface area contributed by atoms with Crippen LogP contribution in [0.25, 0.3) is 0 Å². The van der Waals surface area contributed by atoms with E-state index in [2.05, 4.69) is 30.4 Å². The highest BCUT2D eigenvalue weighted by molar-refractivity contribution is 5.94. The molecular formula is C18H22N2O. The molecule has 0 aliphatic heterocycles. The molecule has 2 aromatic rings. The number of amides is 1. The van der Waals surface area contributed by atoms with Crippen molar-refractivity contribution in [2.75, 3.05) is 18.0 Å². The Labute approximate surface area is 126 Å². The maximum absolute atomic E-state index is 12.3. The summed E-state index contributed by atoms with van der Waals surface area (Å²) in [6.45, 7) is 5.79. The maximum atomic E-state index is 12.3. The van der Waals surface area contributed by atoms with Gasteiger partial charge in [-0.3, -0.25) is 4.79 Å². The van der Waals surface area contributed by atoms with Crippen LogP contribution in [-0.2, 0) is 11.3 Å². The molecule has 0 saturated heterocycles. The smallest absolute Gasteiger partial charge is 0.240 e. The zero-order valence-electron chi connectivity index (χ0n) is 12.7. The fourth-order valence-electron chi connectivity index (χ4n) is 2.34. The molecule has 0 saturated carbocycles. The summed E-state index contributed by atoms with van der Waals surface area (Å²) in [6.07, 6.45) is 0. The predicted molar refractivity (Wildman–Crippen MR) is 87.4 cm³/mol. The number of likely N-dealkylation sites (N-methyl/N-ethyl adjacent to an activating group) is 1. The molecule has 1 amide bonds. The first kappa shape index (κ1) is 15.3. The molecule has 0 aliphatic carbocycles. The summed E-state index contributed by atoms with van der Waals surface area (Å²) in [7, 11) is 0. The average molecular weight is 282 g/mol. The van der Waals surface area contributed by atoms with E-state index in [9.17, 15) is 4.79 Å². The Bertz CT molecular complexity index is 581. The van der Waals surface area contributed by atoms with Gasteiger partial charge in [0.25, 0.3) is 0 Å². The van der Waals surface area contributed by atoms with Gasteiger partial charge in [0.1, 0.15) is 0 Å². The average Bonchev–Trinajstić information content (AvgIpc) is 2.49. The van der Waals surface area contributed by atoms with Crippen molar-refractivity contribution in [3.8, 4) is 0 Å². The molecule has 0 spiro atoms. The van der Waals surface area contributed by atoms with Gasteiger partial charge in [0.05, 0.1) is 6.54 Å². The summed E-state index contributed by atoms with van der Waals surface area (Å²) in [5.41, 5.74) is 3.38. The van der Waals surface area contributed by atoms with E-state index in [-0.39, 0.29) is 5.91 Å². The maximum Gasteiger partial charge on any atom is 0.240 e. The first-order chi connectivity index (χ1) is 10.2. The van der Waals surface area contributed by atoms with Crippen molar-refractivity contribution in [1.29, 1.82) is 0 Å². The number of nitrogens with zero attached hydrogens (tertiary/aromatic N) is 1. The molecule has 0 bridgehead atoms. The number of anilines is 1. The lowest BCUT2D eigenvalue weighted by molar-refractivity contribution is -0.117. The number of rotatable bonds is 6. The van der Waals surface area contributed by atoms with Gasteiger partial charge in [0, 0.05) is 18.8 Å². The highest BCUT2D eigenvalue weighted by Crippen LogP contribution is 2.12. The van der Waals surface area contributed by atoms with Crippen LogP contribution >= 0.6 is 0 Å². The van der Waals surface area contributed by atoms with E-state index in [1.165, 1.54) is 11.1 Å². The van der Waals surface area contributed by atoms with Gasteiger partial charge in [0.2, 0.25) is 5.91 Å². The summed E-state index contributed by atoms with van der Waals surface area (Å²) >= 11 is 0. The molecule has 1 N–H and O–H groups in total. The summed E-state index contributed by atoms with van der Waals surface area (Å²) in [6, 6.07) is 18.1. The first-order valence-corrected chi connectivity index (χ1v) is 7.32. The van der Waals surface area contributed by atoms with E-state index in [0.717, 1.165) is 5.69 Å². The zero-order chi connectivity index (χ0) is 15.1. The Balaban J connectivity index is 1.89. The van der Waals surface area contributed by atoms with Crippen LogP contribution in [0, 0.1) is 6.92 Å². The van der Waals surface area contributed by atoms with Crippen molar-refractivity contribution in [3.05, 3.63) is 65.7 Å². The standard InChI is InChI=1S/C18H22N2O/c1-3-20(17-10-5-4-6-11-17)18(21)14-19-13-16-9-7-8-15(2)12-16/h4-12,19H,3,13-14H2,1-2H3. The molecule has 0 unspecified atom stereocenters. The normalized spacial score (nSPS) is 10.4. The SMILES string of the molecule is CCN(C(=O)CNCc1cccc(C)c1)c1ccccc1. The number of carbonyl (C=O) groups excluding carboxylic acids is 1. The molecule has 0 heterocycles. The molecular weight excluding hydrogens is 260 g/mol. The lowest BCUT2D eigenvalue weighted by Gasteiger charge is -2.21. The minimum absolute atomic E-state index is 0.0938. The number of benzene rings is 2. The van der Waals surface area contributed by atoms with Crippen LogP contribution in [0.15, 0.2) is 54.6 Å². The van der Waals surface area contributed by atoms with E-state index < -0.39 is 0 Å². The third-order valence-electron chi connectivity index (χ3n) is 3.37. The Hall–Kier alpha value is -2.13. The number of para-hydroxylation sites is 1. The monoisotopic (exact) mass is 282 g/mol. The van der Waals surface area contributed by atoms with E-state index in [0.29, 0.717) is 19.6 Å². The molecule has 0 radical (unpaired) electrons. The molecule has 21 heavy (non-hydrogen) atoms. The molecule has 3 nitrogen and oxygen atoms in total. The van der Waals surface area contributed by atoms with Gasteiger partial charge in [-0.05, 0) is 31.5 Å². The summed E-state index contributed by atoms with van der Waals surface area (Å²) in [5, 5.41) is 3.22. The van der Waals surface area contributed by atoms with Gasteiger partial charge in [-0.15, -0.1) is 0 Å². The van der Waals surface area contributed by atoms with Crippen molar-refractivity contribution >= 4 is 11.6 Å². The molecule has 0 aliphatic rings. The molecule has 110 valence electrons. The van der Waals surface area contributed by atoms with E-state index in [4.69, 9.17) is 0 Å². The number of hydrogen-bond acceptors (Lipinski definition) is 2. The topological polar surface area (TPSA) is 32.3 Å². The number of aryl methyl sites for hydroxylation is 1. The van der Waals surface area contributed by atoms with E-state index in [1.54, 1.807) is 4.90 Å². The summed E-state index contributed by atoms with van der Waals surface area (Å²) < 4.78 is 0. The number of carbonyl (C=O) groups is 1.